The van der Waals surface area contributed by atoms with Crippen molar-refractivity contribution in [1.29, 1.82) is 0 Å². The Labute approximate surface area is 99.5 Å². The van der Waals surface area contributed by atoms with E-state index in [1.807, 2.05) is 6.07 Å². The summed E-state index contributed by atoms with van der Waals surface area (Å²) < 4.78 is 5.32. The van der Waals surface area contributed by atoms with Crippen LogP contribution in [0.4, 0.5) is 17.1 Å². The maximum absolute atomic E-state index is 11.3. The molecule has 3 rings (SSSR count). The molecule has 5 heteroatoms. The van der Waals surface area contributed by atoms with E-state index in [9.17, 15) is 4.79 Å². The summed E-state index contributed by atoms with van der Waals surface area (Å²) in [7, 11) is 0. The van der Waals surface area contributed by atoms with Crippen LogP contribution in [0.3, 0.4) is 0 Å². The number of rotatable bonds is 1. The molecule has 90 valence electrons. The maximum Gasteiger partial charge on any atom is 0.262 e. The van der Waals surface area contributed by atoms with Crippen LogP contribution >= 0.6 is 0 Å². The number of fused-ring (bicyclic) bond motifs is 1. The summed E-state index contributed by atoms with van der Waals surface area (Å²) in [5.74, 6) is 0.541. The average Bonchev–Trinajstić information content (AvgIpc) is 2.82. The van der Waals surface area contributed by atoms with Crippen molar-refractivity contribution in [1.82, 2.24) is 0 Å². The Balaban J connectivity index is 1.99. The van der Waals surface area contributed by atoms with Gasteiger partial charge in [-0.05, 0) is 18.9 Å². The smallest absolute Gasteiger partial charge is 0.262 e. The minimum Gasteiger partial charge on any atom is -0.482 e. The van der Waals surface area contributed by atoms with Gasteiger partial charge in [0.1, 0.15) is 5.75 Å². The number of hydrogen-bond donors (Lipinski definition) is 2. The average molecular weight is 233 g/mol. The van der Waals surface area contributed by atoms with Crippen LogP contribution in [-0.4, -0.2) is 25.6 Å². The number of nitrogens with two attached hydrogens (primary N) is 1. The zero-order chi connectivity index (χ0) is 11.8. The molecule has 0 aliphatic carbocycles. The van der Waals surface area contributed by atoms with Crippen molar-refractivity contribution in [3.8, 4) is 5.75 Å². The molecule has 1 saturated heterocycles. The molecule has 0 radical (unpaired) electrons. The lowest BCUT2D eigenvalue weighted by Gasteiger charge is -2.24. The molecule has 2 aliphatic heterocycles. The number of anilines is 3. The number of carbonyl (C=O) groups is 1. The molecule has 0 saturated carbocycles. The quantitative estimate of drug-likeness (QED) is 0.715. The molecule has 1 aromatic carbocycles. The molecule has 3 N–H and O–H groups in total. The number of ether oxygens (including phenoxy) is 1. The second kappa shape index (κ2) is 3.84. The van der Waals surface area contributed by atoms with Gasteiger partial charge in [0.05, 0.1) is 17.1 Å². The van der Waals surface area contributed by atoms with Crippen LogP contribution < -0.4 is 20.7 Å². The fourth-order valence-electron chi connectivity index (χ4n) is 2.36. The first-order chi connectivity index (χ1) is 8.24. The normalized spacial score (nSPS) is 18.6. The molecule has 0 spiro atoms. The molecule has 17 heavy (non-hydrogen) atoms. The van der Waals surface area contributed by atoms with Crippen LogP contribution in [0.25, 0.3) is 0 Å². The van der Waals surface area contributed by atoms with Crippen LogP contribution in [0, 0.1) is 0 Å². The first kappa shape index (κ1) is 10.3. The molecule has 1 aromatic rings. The number of nitrogen functional groups attached to an aromatic ring is 1. The van der Waals surface area contributed by atoms with Crippen molar-refractivity contribution in [3.63, 3.8) is 0 Å². The lowest BCUT2D eigenvalue weighted by Crippen LogP contribution is -2.26. The van der Waals surface area contributed by atoms with E-state index in [1.165, 1.54) is 12.8 Å². The zero-order valence-corrected chi connectivity index (χ0v) is 9.53. The monoisotopic (exact) mass is 233 g/mol. The number of benzene rings is 1. The predicted octanol–water partition coefficient (Wildman–Crippen LogP) is 1.20. The zero-order valence-electron chi connectivity index (χ0n) is 9.53. The molecule has 5 nitrogen and oxygen atoms in total. The summed E-state index contributed by atoms with van der Waals surface area (Å²) >= 11 is 0. The Bertz CT molecular complexity index is 467. The number of amides is 1. The van der Waals surface area contributed by atoms with Crippen molar-refractivity contribution in [2.75, 3.05) is 35.6 Å². The summed E-state index contributed by atoms with van der Waals surface area (Å²) in [4.78, 5) is 13.5. The van der Waals surface area contributed by atoms with Gasteiger partial charge in [0.25, 0.3) is 5.91 Å². The second-order valence-corrected chi connectivity index (χ2v) is 4.44. The van der Waals surface area contributed by atoms with E-state index in [2.05, 4.69) is 10.2 Å². The molecule has 0 aromatic heterocycles. The van der Waals surface area contributed by atoms with E-state index >= 15 is 0 Å². The largest absolute Gasteiger partial charge is 0.482 e. The molecule has 1 amide bonds. The first-order valence-corrected chi connectivity index (χ1v) is 5.85. The standard InChI is InChI=1S/C12H15N3O2/c13-8-5-11-9(14-12(16)7-17-11)6-10(8)15-3-1-2-4-15/h5-6H,1-4,7,13H2,(H,14,16). The Morgan fingerprint density at radius 2 is 2.06 bits per heavy atom. The number of nitrogens with zero attached hydrogens (tertiary/aromatic N) is 1. The maximum atomic E-state index is 11.3. The van der Waals surface area contributed by atoms with Gasteiger partial charge in [-0.15, -0.1) is 0 Å². The van der Waals surface area contributed by atoms with Gasteiger partial charge in [-0.2, -0.15) is 0 Å². The second-order valence-electron chi connectivity index (χ2n) is 4.44. The Hall–Kier alpha value is -1.91. The van der Waals surface area contributed by atoms with Crippen molar-refractivity contribution in [2.45, 2.75) is 12.8 Å². The fraction of sp³-hybridized carbons (Fsp3) is 0.417. The third kappa shape index (κ3) is 1.77. The Kier molecular flexibility index (Phi) is 2.31. The van der Waals surface area contributed by atoms with Gasteiger partial charge >= 0.3 is 0 Å². The van der Waals surface area contributed by atoms with Gasteiger partial charge in [-0.1, -0.05) is 0 Å². The van der Waals surface area contributed by atoms with E-state index in [4.69, 9.17) is 10.5 Å². The number of hydrogen-bond acceptors (Lipinski definition) is 4. The highest BCUT2D eigenvalue weighted by Crippen LogP contribution is 2.37. The Morgan fingerprint density at radius 1 is 1.29 bits per heavy atom. The molecule has 0 bridgehead atoms. The van der Waals surface area contributed by atoms with Gasteiger partial charge in [0.15, 0.2) is 6.61 Å². The van der Waals surface area contributed by atoms with Crippen molar-refractivity contribution in [2.24, 2.45) is 0 Å². The van der Waals surface area contributed by atoms with Crippen LogP contribution in [-0.2, 0) is 4.79 Å². The summed E-state index contributed by atoms with van der Waals surface area (Å²) in [5.41, 5.74) is 8.45. The third-order valence-electron chi connectivity index (χ3n) is 3.21. The van der Waals surface area contributed by atoms with E-state index < -0.39 is 0 Å². The number of carbonyl (C=O) groups excluding carboxylic acids is 1. The highest BCUT2D eigenvalue weighted by molar-refractivity contribution is 5.97. The van der Waals surface area contributed by atoms with E-state index in [1.54, 1.807) is 6.07 Å². The van der Waals surface area contributed by atoms with Crippen LogP contribution in [0.2, 0.25) is 0 Å². The lowest BCUT2D eigenvalue weighted by atomic mass is 10.2. The minimum absolute atomic E-state index is 0.0650. The Morgan fingerprint density at radius 3 is 2.82 bits per heavy atom. The highest BCUT2D eigenvalue weighted by atomic mass is 16.5. The SMILES string of the molecule is Nc1cc2c(cc1N1CCCC1)NC(=O)CO2. The van der Waals surface area contributed by atoms with Crippen LogP contribution in [0.15, 0.2) is 12.1 Å². The molecule has 1 fully saturated rings. The van der Waals surface area contributed by atoms with Crippen LogP contribution in [0.1, 0.15) is 12.8 Å². The summed E-state index contributed by atoms with van der Waals surface area (Å²) in [6, 6.07) is 3.70. The lowest BCUT2D eigenvalue weighted by molar-refractivity contribution is -0.118. The molecule has 2 heterocycles. The van der Waals surface area contributed by atoms with Crippen molar-refractivity contribution < 1.29 is 9.53 Å². The summed E-state index contributed by atoms with van der Waals surface area (Å²) in [5, 5.41) is 2.80. The van der Waals surface area contributed by atoms with E-state index in [-0.39, 0.29) is 12.5 Å². The molecule has 0 atom stereocenters. The highest BCUT2D eigenvalue weighted by Gasteiger charge is 2.21. The van der Waals surface area contributed by atoms with Gasteiger partial charge in [0.2, 0.25) is 0 Å². The summed E-state index contributed by atoms with van der Waals surface area (Å²) in [6.07, 6.45) is 2.39. The molecule has 2 aliphatic rings. The van der Waals surface area contributed by atoms with Crippen LogP contribution in [0.5, 0.6) is 5.75 Å². The van der Waals surface area contributed by atoms with Crippen molar-refractivity contribution >= 4 is 23.0 Å². The minimum atomic E-state index is -0.116. The molecular formula is C12H15N3O2. The first-order valence-electron chi connectivity index (χ1n) is 5.85. The molecular weight excluding hydrogens is 218 g/mol. The molecule has 0 unspecified atom stereocenters. The number of nitrogens with one attached hydrogen (secondary N) is 1. The van der Waals surface area contributed by atoms with Gasteiger partial charge in [-0.25, -0.2) is 0 Å². The third-order valence-corrected chi connectivity index (χ3v) is 3.21. The van der Waals surface area contributed by atoms with E-state index in [0.29, 0.717) is 11.4 Å². The van der Waals surface area contributed by atoms with Gasteiger partial charge < -0.3 is 20.7 Å². The fourth-order valence-corrected chi connectivity index (χ4v) is 2.36. The van der Waals surface area contributed by atoms with E-state index in [0.717, 1.165) is 24.5 Å². The van der Waals surface area contributed by atoms with Crippen molar-refractivity contribution in [3.05, 3.63) is 12.1 Å². The van der Waals surface area contributed by atoms with Gasteiger partial charge in [-0.3, -0.25) is 4.79 Å². The topological polar surface area (TPSA) is 67.6 Å². The summed E-state index contributed by atoms with van der Waals surface area (Å²) in [6.45, 7) is 2.12. The van der Waals surface area contributed by atoms with Gasteiger partial charge in [0, 0.05) is 19.2 Å². The predicted molar refractivity (Wildman–Crippen MR) is 66.4 cm³/mol.